The number of para-hydroxylation sites is 1. The first kappa shape index (κ1) is 27.1. The Bertz CT molecular complexity index is 1250. The largest absolute Gasteiger partial charge is 0.352 e. The number of rotatable bonds is 11. The van der Waals surface area contributed by atoms with Gasteiger partial charge in [-0.3, -0.25) is 9.59 Å². The first-order valence-electron chi connectivity index (χ1n) is 12.9. The third kappa shape index (κ3) is 7.30. The summed E-state index contributed by atoms with van der Waals surface area (Å²) in [5, 5.41) is 3.01. The molecule has 3 aromatic carbocycles. The van der Waals surface area contributed by atoms with Crippen LogP contribution in [0, 0.1) is 6.92 Å². The lowest BCUT2D eigenvalue weighted by atomic mass is 10.1. The Morgan fingerprint density at radius 1 is 0.973 bits per heavy atom. The van der Waals surface area contributed by atoms with Crippen molar-refractivity contribution >= 4 is 47.1 Å². The number of carbonyl (C=O) groups excluding carboxylic acids is 2. The molecule has 0 bridgehead atoms. The minimum atomic E-state index is -0.0563. The molecule has 0 radical (unpaired) electrons. The number of hydrogen-bond donors (Lipinski definition) is 1. The maximum Gasteiger partial charge on any atom is 0.265 e. The molecule has 4 rings (SSSR count). The van der Waals surface area contributed by atoms with Gasteiger partial charge in [-0.15, -0.1) is 0 Å². The highest BCUT2D eigenvalue weighted by Crippen LogP contribution is 2.42. The number of benzene rings is 3. The second-order valence-corrected chi connectivity index (χ2v) is 11.4. The zero-order chi connectivity index (χ0) is 26.0. The Morgan fingerprint density at radius 2 is 1.70 bits per heavy atom. The molecule has 0 saturated carbocycles. The number of carbonyl (C=O) groups is 2. The van der Waals surface area contributed by atoms with E-state index in [1.807, 2.05) is 77.3 Å². The SMILES string of the molecule is CCCCSCCCNC(=O)c1ccc(/C=C2/Sc3ccccc3N(Cc3ccccc3C)C2=O)cc1. The lowest BCUT2D eigenvalue weighted by molar-refractivity contribution is -0.114. The van der Waals surface area contributed by atoms with Gasteiger partial charge in [-0.1, -0.05) is 73.6 Å². The molecule has 3 aromatic rings. The van der Waals surface area contributed by atoms with Crippen LogP contribution in [0.25, 0.3) is 6.08 Å². The van der Waals surface area contributed by atoms with Gasteiger partial charge in [0, 0.05) is 17.0 Å². The molecule has 4 nitrogen and oxygen atoms in total. The molecule has 0 fully saturated rings. The van der Waals surface area contributed by atoms with Crippen molar-refractivity contribution in [1.82, 2.24) is 5.32 Å². The molecular formula is C31H34N2O2S2. The molecule has 37 heavy (non-hydrogen) atoms. The van der Waals surface area contributed by atoms with E-state index in [0.29, 0.717) is 23.6 Å². The third-order valence-electron chi connectivity index (χ3n) is 6.29. The molecule has 1 N–H and O–H groups in total. The molecule has 1 aliphatic rings. The molecule has 192 valence electrons. The summed E-state index contributed by atoms with van der Waals surface area (Å²) in [7, 11) is 0. The number of fused-ring (bicyclic) bond motifs is 1. The van der Waals surface area contributed by atoms with Crippen molar-refractivity contribution in [2.75, 3.05) is 23.0 Å². The van der Waals surface area contributed by atoms with Gasteiger partial charge in [0.2, 0.25) is 0 Å². The highest BCUT2D eigenvalue weighted by Gasteiger charge is 2.29. The number of unbranched alkanes of at least 4 members (excludes halogenated alkanes) is 1. The van der Waals surface area contributed by atoms with E-state index in [0.717, 1.165) is 33.9 Å². The topological polar surface area (TPSA) is 49.4 Å². The van der Waals surface area contributed by atoms with Crippen molar-refractivity contribution < 1.29 is 9.59 Å². The highest BCUT2D eigenvalue weighted by atomic mass is 32.2. The minimum absolute atomic E-state index is 0.00872. The van der Waals surface area contributed by atoms with Crippen LogP contribution in [0.3, 0.4) is 0 Å². The average molecular weight is 531 g/mol. The van der Waals surface area contributed by atoms with Crippen molar-refractivity contribution in [3.05, 3.63) is 100.0 Å². The summed E-state index contributed by atoms with van der Waals surface area (Å²) in [5.41, 5.74) is 4.77. The number of anilines is 1. The fourth-order valence-electron chi connectivity index (χ4n) is 4.09. The van der Waals surface area contributed by atoms with Gasteiger partial charge in [-0.05, 0) is 78.3 Å². The van der Waals surface area contributed by atoms with Gasteiger partial charge >= 0.3 is 0 Å². The predicted octanol–water partition coefficient (Wildman–Crippen LogP) is 7.33. The number of nitrogens with one attached hydrogen (secondary N) is 1. The predicted molar refractivity (Wildman–Crippen MR) is 158 cm³/mol. The summed E-state index contributed by atoms with van der Waals surface area (Å²) in [6.07, 6.45) is 5.37. The third-order valence-corrected chi connectivity index (χ3v) is 8.52. The van der Waals surface area contributed by atoms with E-state index >= 15 is 0 Å². The quantitative estimate of drug-likeness (QED) is 0.208. The Balaban J connectivity index is 1.43. The zero-order valence-corrected chi connectivity index (χ0v) is 23.2. The summed E-state index contributed by atoms with van der Waals surface area (Å²) >= 11 is 3.45. The fraction of sp³-hybridized carbons (Fsp3) is 0.290. The lowest BCUT2D eigenvalue weighted by Crippen LogP contribution is -2.33. The second-order valence-electron chi connectivity index (χ2n) is 9.09. The maximum absolute atomic E-state index is 13.6. The minimum Gasteiger partial charge on any atom is -0.352 e. The van der Waals surface area contributed by atoms with Crippen LogP contribution in [0.15, 0.2) is 82.6 Å². The fourth-order valence-corrected chi connectivity index (χ4v) is 6.19. The molecule has 1 heterocycles. The van der Waals surface area contributed by atoms with Gasteiger partial charge < -0.3 is 10.2 Å². The van der Waals surface area contributed by atoms with Crippen molar-refractivity contribution in [2.45, 2.75) is 44.6 Å². The van der Waals surface area contributed by atoms with Crippen molar-refractivity contribution in [3.63, 3.8) is 0 Å². The lowest BCUT2D eigenvalue weighted by Gasteiger charge is -2.31. The standard InChI is InChI=1S/C31H34N2O2S2/c1-3-4-19-36-20-9-18-32-30(34)25-16-14-24(15-17-25)21-29-31(35)33(22-26-11-6-5-10-23(26)2)27-12-7-8-13-28(27)37-29/h5-8,10-17,21H,3-4,9,18-20,22H2,1-2H3,(H,32,34)/b29-21+. The normalized spacial score (nSPS) is 14.1. The van der Waals surface area contributed by atoms with Gasteiger partial charge in [0.1, 0.15) is 0 Å². The molecule has 0 aliphatic carbocycles. The first-order valence-corrected chi connectivity index (χ1v) is 14.8. The van der Waals surface area contributed by atoms with Gasteiger partial charge in [0.25, 0.3) is 11.8 Å². The summed E-state index contributed by atoms with van der Waals surface area (Å²) in [4.78, 5) is 29.7. The van der Waals surface area contributed by atoms with Gasteiger partial charge in [0.05, 0.1) is 17.1 Å². The smallest absolute Gasteiger partial charge is 0.265 e. The molecule has 1 aliphatic heterocycles. The van der Waals surface area contributed by atoms with E-state index in [2.05, 4.69) is 37.4 Å². The first-order chi connectivity index (χ1) is 18.1. The van der Waals surface area contributed by atoms with Crippen LogP contribution in [0.2, 0.25) is 0 Å². The second kappa shape index (κ2) is 13.5. The Labute approximate surface area is 228 Å². The van der Waals surface area contributed by atoms with E-state index in [1.54, 1.807) is 0 Å². The molecule has 0 unspecified atom stereocenters. The number of aryl methyl sites for hydroxylation is 1. The summed E-state index contributed by atoms with van der Waals surface area (Å²) in [5.74, 6) is 2.20. The maximum atomic E-state index is 13.6. The number of hydrogen-bond acceptors (Lipinski definition) is 4. The monoisotopic (exact) mass is 530 g/mol. The Kier molecular flexibility index (Phi) is 9.92. The van der Waals surface area contributed by atoms with E-state index < -0.39 is 0 Å². The Morgan fingerprint density at radius 3 is 2.49 bits per heavy atom. The number of amides is 2. The van der Waals surface area contributed by atoms with Gasteiger partial charge in [-0.25, -0.2) is 0 Å². The van der Waals surface area contributed by atoms with E-state index in [1.165, 1.54) is 35.9 Å². The van der Waals surface area contributed by atoms with Crippen molar-refractivity contribution in [3.8, 4) is 0 Å². The molecule has 0 spiro atoms. The van der Waals surface area contributed by atoms with Crippen LogP contribution in [-0.4, -0.2) is 29.9 Å². The van der Waals surface area contributed by atoms with Crippen molar-refractivity contribution in [1.29, 1.82) is 0 Å². The van der Waals surface area contributed by atoms with Crippen LogP contribution in [0.1, 0.15) is 53.2 Å². The summed E-state index contributed by atoms with van der Waals surface area (Å²) in [6.45, 7) is 5.49. The van der Waals surface area contributed by atoms with Crippen LogP contribution in [0.5, 0.6) is 0 Å². The molecule has 0 saturated heterocycles. The summed E-state index contributed by atoms with van der Waals surface area (Å²) < 4.78 is 0. The van der Waals surface area contributed by atoms with E-state index in [4.69, 9.17) is 0 Å². The van der Waals surface area contributed by atoms with Crippen LogP contribution in [-0.2, 0) is 11.3 Å². The summed E-state index contributed by atoms with van der Waals surface area (Å²) in [6, 6.07) is 23.7. The molecular weight excluding hydrogens is 496 g/mol. The number of nitrogens with zero attached hydrogens (tertiary/aromatic N) is 1. The van der Waals surface area contributed by atoms with Crippen LogP contribution >= 0.6 is 23.5 Å². The molecule has 0 atom stereocenters. The number of thioether (sulfide) groups is 2. The van der Waals surface area contributed by atoms with Crippen molar-refractivity contribution in [2.24, 2.45) is 0 Å². The molecule has 0 aromatic heterocycles. The van der Waals surface area contributed by atoms with Gasteiger partial charge in [-0.2, -0.15) is 11.8 Å². The Hall–Kier alpha value is -2.96. The zero-order valence-electron chi connectivity index (χ0n) is 21.5. The van der Waals surface area contributed by atoms with E-state index in [9.17, 15) is 9.59 Å². The molecule has 6 heteroatoms. The van der Waals surface area contributed by atoms with Crippen LogP contribution in [0.4, 0.5) is 5.69 Å². The van der Waals surface area contributed by atoms with Crippen LogP contribution < -0.4 is 10.2 Å². The molecule has 2 amide bonds. The highest BCUT2D eigenvalue weighted by molar-refractivity contribution is 8.04. The van der Waals surface area contributed by atoms with Gasteiger partial charge in [0.15, 0.2) is 0 Å². The van der Waals surface area contributed by atoms with E-state index in [-0.39, 0.29) is 11.8 Å². The average Bonchev–Trinajstić information content (AvgIpc) is 2.92.